The third-order valence-electron chi connectivity index (χ3n) is 3.91. The molecular weight excluding hydrogens is 411 g/mol. The quantitative estimate of drug-likeness (QED) is 0.785. The van der Waals surface area contributed by atoms with E-state index in [0.717, 1.165) is 12.1 Å². The lowest BCUT2D eigenvalue weighted by Crippen LogP contribution is -2.48. The summed E-state index contributed by atoms with van der Waals surface area (Å²) in [6.07, 6.45) is -0.566. The smallest absolute Gasteiger partial charge is 0.251 e. The first-order valence-corrected chi connectivity index (χ1v) is 8.57. The number of hydrogen-bond acceptors (Lipinski definition) is 3. The fourth-order valence-corrected chi connectivity index (χ4v) is 3.02. The van der Waals surface area contributed by atoms with Crippen molar-refractivity contribution in [2.45, 2.75) is 12.1 Å². The van der Waals surface area contributed by atoms with Gasteiger partial charge in [0.1, 0.15) is 11.9 Å². The lowest BCUT2D eigenvalue weighted by atomic mass is 9.98. The topological polar surface area (TPSA) is 50.4 Å². The Hall–Kier alpha value is -1.47. The summed E-state index contributed by atoms with van der Waals surface area (Å²) < 4.78 is 20.6. The molecule has 1 saturated heterocycles. The number of morpholine rings is 1. The van der Waals surface area contributed by atoms with E-state index in [2.05, 4.69) is 26.6 Å². The molecule has 7 heteroatoms. The normalized spacial score (nSPS) is 18.1. The summed E-state index contributed by atoms with van der Waals surface area (Å²) >= 11 is 3.26. The number of carbonyl (C=O) groups is 1. The monoisotopic (exact) mass is 428 g/mol. The first-order valence-electron chi connectivity index (χ1n) is 7.78. The van der Waals surface area contributed by atoms with Gasteiger partial charge in [-0.05, 0) is 17.7 Å². The van der Waals surface area contributed by atoms with Crippen molar-refractivity contribution in [3.8, 4) is 0 Å². The molecule has 2 atom stereocenters. The van der Waals surface area contributed by atoms with Gasteiger partial charge >= 0.3 is 0 Å². The number of rotatable bonds is 4. The summed E-state index contributed by atoms with van der Waals surface area (Å²) in [6.45, 7) is 1.67. The van der Waals surface area contributed by atoms with Crippen LogP contribution in [0.3, 0.4) is 0 Å². The van der Waals surface area contributed by atoms with Crippen LogP contribution in [0.5, 0.6) is 0 Å². The molecule has 0 aliphatic carbocycles. The van der Waals surface area contributed by atoms with Gasteiger partial charge in [0.25, 0.3) is 5.91 Å². The highest BCUT2D eigenvalue weighted by atomic mass is 79.9. The summed E-state index contributed by atoms with van der Waals surface area (Å²) in [4.78, 5) is 12.5. The van der Waals surface area contributed by atoms with Crippen LogP contribution in [0.2, 0.25) is 0 Å². The Morgan fingerprint density at radius 3 is 2.68 bits per heavy atom. The molecule has 134 valence electrons. The number of ether oxygens (including phenoxy) is 1. The fourth-order valence-electron chi connectivity index (χ4n) is 2.69. The van der Waals surface area contributed by atoms with E-state index in [4.69, 9.17) is 4.74 Å². The Labute approximate surface area is 160 Å². The predicted molar refractivity (Wildman–Crippen MR) is 100 cm³/mol. The van der Waals surface area contributed by atoms with Gasteiger partial charge < -0.3 is 15.4 Å². The van der Waals surface area contributed by atoms with Crippen molar-refractivity contribution < 1.29 is 13.9 Å². The minimum absolute atomic E-state index is 0. The van der Waals surface area contributed by atoms with Gasteiger partial charge in [0.2, 0.25) is 0 Å². The van der Waals surface area contributed by atoms with E-state index in [9.17, 15) is 9.18 Å². The van der Waals surface area contributed by atoms with Crippen molar-refractivity contribution in [2.75, 3.05) is 19.7 Å². The molecule has 0 bridgehead atoms. The molecule has 1 aliphatic rings. The maximum atomic E-state index is 14.5. The van der Waals surface area contributed by atoms with E-state index < -0.39 is 12.1 Å². The number of hydrogen-bond donors (Lipinski definition) is 2. The Morgan fingerprint density at radius 2 is 2.04 bits per heavy atom. The molecule has 1 amide bonds. The van der Waals surface area contributed by atoms with Crippen LogP contribution in [0.25, 0.3) is 0 Å². The minimum Gasteiger partial charge on any atom is -0.366 e. The number of halogens is 3. The lowest BCUT2D eigenvalue weighted by Gasteiger charge is -2.26. The van der Waals surface area contributed by atoms with Gasteiger partial charge in [0.15, 0.2) is 0 Å². The summed E-state index contributed by atoms with van der Waals surface area (Å²) in [5.74, 6) is -0.625. The zero-order valence-electron chi connectivity index (χ0n) is 13.4. The third kappa shape index (κ3) is 5.01. The highest BCUT2D eigenvalue weighted by Crippen LogP contribution is 2.26. The molecule has 0 aromatic heterocycles. The van der Waals surface area contributed by atoms with Gasteiger partial charge in [-0.25, -0.2) is 4.39 Å². The maximum Gasteiger partial charge on any atom is 0.251 e. The van der Waals surface area contributed by atoms with Crippen molar-refractivity contribution in [3.63, 3.8) is 0 Å². The maximum absolute atomic E-state index is 14.5. The number of amides is 1. The largest absolute Gasteiger partial charge is 0.366 e. The molecule has 1 aliphatic heterocycles. The second-order valence-electron chi connectivity index (χ2n) is 5.58. The van der Waals surface area contributed by atoms with Crippen molar-refractivity contribution >= 4 is 34.2 Å². The van der Waals surface area contributed by atoms with Crippen molar-refractivity contribution in [1.82, 2.24) is 10.6 Å². The van der Waals surface area contributed by atoms with Gasteiger partial charge in [-0.3, -0.25) is 4.79 Å². The number of carbonyl (C=O) groups excluding carboxylic acids is 1. The van der Waals surface area contributed by atoms with Crippen molar-refractivity contribution in [1.29, 1.82) is 0 Å². The first kappa shape index (κ1) is 19.8. The molecule has 1 fully saturated rings. The van der Waals surface area contributed by atoms with Crippen LogP contribution >= 0.6 is 28.3 Å². The zero-order valence-corrected chi connectivity index (χ0v) is 15.8. The van der Waals surface area contributed by atoms with Crippen LogP contribution in [0.4, 0.5) is 4.39 Å². The average molecular weight is 430 g/mol. The Balaban J connectivity index is 0.00000225. The average Bonchev–Trinajstić information content (AvgIpc) is 2.61. The third-order valence-corrected chi connectivity index (χ3v) is 4.41. The standard InChI is InChI=1S/C18H18BrFN2O2.ClH/c19-13-6-7-14(15(20)10-13)17(12-4-2-1-3-5-12)22-18(23)16-11-21-8-9-24-16;/h1-7,10,16-17,21H,8-9,11H2,(H,22,23);1H. The summed E-state index contributed by atoms with van der Waals surface area (Å²) in [6, 6.07) is 13.6. The zero-order chi connectivity index (χ0) is 16.9. The molecule has 1 heterocycles. The molecule has 2 N–H and O–H groups in total. The van der Waals surface area contributed by atoms with Crippen molar-refractivity contribution in [3.05, 3.63) is 69.9 Å². The SMILES string of the molecule is Cl.O=C(NC(c1ccccc1)c1ccc(Br)cc1F)C1CNCCO1. The Bertz CT molecular complexity index is 711. The van der Waals surface area contributed by atoms with E-state index in [-0.39, 0.29) is 24.1 Å². The van der Waals surface area contributed by atoms with E-state index in [0.29, 0.717) is 23.2 Å². The molecule has 0 spiro atoms. The molecule has 25 heavy (non-hydrogen) atoms. The fraction of sp³-hybridized carbons (Fsp3) is 0.278. The Morgan fingerprint density at radius 1 is 1.28 bits per heavy atom. The number of benzene rings is 2. The first-order chi connectivity index (χ1) is 11.6. The van der Waals surface area contributed by atoms with Crippen LogP contribution < -0.4 is 10.6 Å². The van der Waals surface area contributed by atoms with E-state index >= 15 is 0 Å². The molecule has 2 aromatic rings. The van der Waals surface area contributed by atoms with Gasteiger partial charge in [-0.2, -0.15) is 0 Å². The van der Waals surface area contributed by atoms with Gasteiger partial charge in [0, 0.05) is 23.1 Å². The second kappa shape index (κ2) is 9.29. The number of nitrogens with one attached hydrogen (secondary N) is 2. The molecule has 4 nitrogen and oxygen atoms in total. The summed E-state index contributed by atoms with van der Waals surface area (Å²) in [5.41, 5.74) is 1.23. The van der Waals surface area contributed by atoms with Crippen LogP contribution in [0, 0.1) is 5.82 Å². The second-order valence-corrected chi connectivity index (χ2v) is 6.50. The van der Waals surface area contributed by atoms with E-state index in [1.807, 2.05) is 30.3 Å². The van der Waals surface area contributed by atoms with E-state index in [1.165, 1.54) is 6.07 Å². The van der Waals surface area contributed by atoms with Crippen LogP contribution in [0.15, 0.2) is 53.0 Å². The van der Waals surface area contributed by atoms with Gasteiger partial charge in [0.05, 0.1) is 12.6 Å². The van der Waals surface area contributed by atoms with Crippen LogP contribution in [-0.2, 0) is 9.53 Å². The summed E-state index contributed by atoms with van der Waals surface area (Å²) in [5, 5.41) is 6.04. The van der Waals surface area contributed by atoms with Gasteiger partial charge in [-0.1, -0.05) is 52.3 Å². The molecule has 0 saturated carbocycles. The molecule has 0 radical (unpaired) electrons. The molecule has 2 unspecified atom stereocenters. The summed E-state index contributed by atoms with van der Waals surface area (Å²) in [7, 11) is 0. The van der Waals surface area contributed by atoms with Crippen LogP contribution in [0.1, 0.15) is 17.2 Å². The molecular formula is C18H19BrClFN2O2. The minimum atomic E-state index is -0.572. The highest BCUT2D eigenvalue weighted by molar-refractivity contribution is 9.10. The molecule has 2 aromatic carbocycles. The van der Waals surface area contributed by atoms with Crippen molar-refractivity contribution in [2.24, 2.45) is 0 Å². The van der Waals surface area contributed by atoms with Gasteiger partial charge in [-0.15, -0.1) is 12.4 Å². The lowest BCUT2D eigenvalue weighted by molar-refractivity contribution is -0.134. The Kier molecular flexibility index (Phi) is 7.38. The highest BCUT2D eigenvalue weighted by Gasteiger charge is 2.26. The van der Waals surface area contributed by atoms with E-state index in [1.54, 1.807) is 12.1 Å². The molecule has 3 rings (SSSR count). The predicted octanol–water partition coefficient (Wildman–Crippen LogP) is 3.20. The van der Waals surface area contributed by atoms with Crippen LogP contribution in [-0.4, -0.2) is 31.7 Å².